The largest absolute Gasteiger partial charge is 0.394 e. The topological polar surface area (TPSA) is 107 Å². The number of amides is 2. The first-order valence-corrected chi connectivity index (χ1v) is 7.40. The van der Waals surface area contributed by atoms with Gasteiger partial charge >= 0.3 is 0 Å². The molecule has 2 amide bonds. The summed E-state index contributed by atoms with van der Waals surface area (Å²) in [5.41, 5.74) is 1.90. The summed E-state index contributed by atoms with van der Waals surface area (Å²) in [5.74, 6) is -0.733. The van der Waals surface area contributed by atoms with Crippen LogP contribution in [0.15, 0.2) is 54.6 Å². The molecular weight excluding hydrogens is 308 g/mol. The molecule has 1 aromatic heterocycles. The highest BCUT2D eigenvalue weighted by molar-refractivity contribution is 6.01. The van der Waals surface area contributed by atoms with Gasteiger partial charge in [-0.1, -0.05) is 30.3 Å². The minimum atomic E-state index is -1.08. The molecule has 7 heteroatoms. The van der Waals surface area contributed by atoms with Crippen LogP contribution in [0.4, 0.5) is 5.95 Å². The van der Waals surface area contributed by atoms with Crippen molar-refractivity contribution >= 4 is 28.8 Å². The highest BCUT2D eigenvalue weighted by atomic mass is 16.3. The number of aliphatic hydroxyl groups is 1. The predicted octanol–water partition coefficient (Wildman–Crippen LogP) is 1.29. The molecule has 2 aromatic carbocycles. The number of nitrogens with zero attached hydrogens (tertiary/aromatic N) is 1. The van der Waals surface area contributed by atoms with E-state index in [4.69, 9.17) is 0 Å². The van der Waals surface area contributed by atoms with Crippen LogP contribution >= 0.6 is 0 Å². The van der Waals surface area contributed by atoms with Crippen molar-refractivity contribution in [2.24, 2.45) is 0 Å². The number of aromatic amines is 1. The number of hydrogen-bond acceptors (Lipinski definition) is 4. The van der Waals surface area contributed by atoms with E-state index in [-0.39, 0.29) is 5.95 Å². The van der Waals surface area contributed by atoms with Crippen LogP contribution in [0.2, 0.25) is 0 Å². The number of aromatic nitrogens is 2. The number of aliphatic hydroxyl groups excluding tert-OH is 1. The molecule has 4 N–H and O–H groups in total. The Morgan fingerprint density at radius 1 is 1.08 bits per heavy atom. The van der Waals surface area contributed by atoms with Crippen molar-refractivity contribution in [2.45, 2.75) is 6.04 Å². The van der Waals surface area contributed by atoms with Crippen molar-refractivity contribution in [3.8, 4) is 0 Å². The van der Waals surface area contributed by atoms with E-state index >= 15 is 0 Å². The third-order valence-electron chi connectivity index (χ3n) is 3.47. The zero-order valence-electron chi connectivity index (χ0n) is 12.7. The zero-order chi connectivity index (χ0) is 16.9. The highest BCUT2D eigenvalue weighted by Gasteiger charge is 2.21. The Labute approximate surface area is 137 Å². The fraction of sp³-hybridized carbons (Fsp3) is 0.118. The SMILES string of the molecule is O=C(N[C@@H](CO)C(=O)Nc1nc2ccccc2[nH]1)c1ccccc1. The highest BCUT2D eigenvalue weighted by Crippen LogP contribution is 2.13. The normalized spacial score (nSPS) is 11.9. The van der Waals surface area contributed by atoms with Crippen molar-refractivity contribution in [1.82, 2.24) is 15.3 Å². The van der Waals surface area contributed by atoms with Gasteiger partial charge < -0.3 is 15.4 Å². The lowest BCUT2D eigenvalue weighted by molar-refractivity contribution is -0.118. The Morgan fingerprint density at radius 3 is 2.50 bits per heavy atom. The van der Waals surface area contributed by atoms with Crippen molar-refractivity contribution < 1.29 is 14.7 Å². The van der Waals surface area contributed by atoms with Gasteiger partial charge in [-0.25, -0.2) is 4.98 Å². The first kappa shape index (κ1) is 15.7. The molecule has 0 saturated carbocycles. The summed E-state index contributed by atoms with van der Waals surface area (Å²) in [5, 5.41) is 14.5. The van der Waals surface area contributed by atoms with E-state index in [0.29, 0.717) is 11.1 Å². The van der Waals surface area contributed by atoms with Gasteiger partial charge in [-0.05, 0) is 24.3 Å². The van der Waals surface area contributed by atoms with Gasteiger partial charge in [-0.15, -0.1) is 0 Å². The summed E-state index contributed by atoms with van der Waals surface area (Å²) < 4.78 is 0. The molecule has 0 bridgehead atoms. The molecule has 3 rings (SSSR count). The number of carbonyl (C=O) groups excluding carboxylic acids is 2. The molecule has 1 heterocycles. The number of benzene rings is 2. The van der Waals surface area contributed by atoms with Crippen molar-refractivity contribution in [2.75, 3.05) is 11.9 Å². The molecule has 0 unspecified atom stereocenters. The molecule has 0 radical (unpaired) electrons. The molecule has 0 aliphatic rings. The van der Waals surface area contributed by atoms with Crippen LogP contribution in [0.5, 0.6) is 0 Å². The Hall–Kier alpha value is -3.19. The zero-order valence-corrected chi connectivity index (χ0v) is 12.7. The number of H-pyrrole nitrogens is 1. The number of imidazole rings is 1. The minimum Gasteiger partial charge on any atom is -0.394 e. The number of fused-ring (bicyclic) bond motifs is 1. The van der Waals surface area contributed by atoms with E-state index in [2.05, 4.69) is 20.6 Å². The standard InChI is InChI=1S/C17H16N4O3/c22-10-14(18-15(23)11-6-2-1-3-7-11)16(24)21-17-19-12-8-4-5-9-13(12)20-17/h1-9,14,22H,10H2,(H,18,23)(H2,19,20,21,24)/t14-/m0/s1. The summed E-state index contributed by atoms with van der Waals surface area (Å²) in [6, 6.07) is 14.7. The second kappa shape index (κ2) is 6.93. The fourth-order valence-electron chi connectivity index (χ4n) is 2.24. The average Bonchev–Trinajstić information content (AvgIpc) is 3.02. The number of hydrogen-bond donors (Lipinski definition) is 4. The van der Waals surface area contributed by atoms with Gasteiger partial charge in [-0.3, -0.25) is 14.9 Å². The fourth-order valence-corrected chi connectivity index (χ4v) is 2.24. The van der Waals surface area contributed by atoms with Crippen LogP contribution in [0.1, 0.15) is 10.4 Å². The first-order chi connectivity index (χ1) is 11.7. The van der Waals surface area contributed by atoms with Gasteiger partial charge in [-0.2, -0.15) is 0 Å². The number of nitrogens with one attached hydrogen (secondary N) is 3. The summed E-state index contributed by atoms with van der Waals surface area (Å²) in [7, 11) is 0. The molecule has 0 spiro atoms. The average molecular weight is 324 g/mol. The lowest BCUT2D eigenvalue weighted by Crippen LogP contribution is -2.46. The van der Waals surface area contributed by atoms with Crippen LogP contribution in [0.25, 0.3) is 11.0 Å². The number of rotatable bonds is 5. The molecule has 0 fully saturated rings. The summed E-state index contributed by atoms with van der Waals surface area (Å²) >= 11 is 0. The molecule has 1 atom stereocenters. The van der Waals surface area contributed by atoms with Gasteiger partial charge in [0.25, 0.3) is 11.8 Å². The summed E-state index contributed by atoms with van der Waals surface area (Å²) in [6.45, 7) is -0.523. The van der Waals surface area contributed by atoms with Gasteiger partial charge in [0.1, 0.15) is 6.04 Å². The molecular formula is C17H16N4O3. The molecule has 122 valence electrons. The number of anilines is 1. The van der Waals surface area contributed by atoms with E-state index in [1.54, 1.807) is 30.3 Å². The molecule has 3 aromatic rings. The van der Waals surface area contributed by atoms with Crippen LogP contribution in [-0.4, -0.2) is 39.5 Å². The van der Waals surface area contributed by atoms with Crippen LogP contribution < -0.4 is 10.6 Å². The molecule has 0 aliphatic heterocycles. The Kier molecular flexibility index (Phi) is 4.53. The van der Waals surface area contributed by atoms with Gasteiger partial charge in [0.15, 0.2) is 0 Å². The van der Waals surface area contributed by atoms with Crippen LogP contribution in [0, 0.1) is 0 Å². The molecule has 0 saturated heterocycles. The van der Waals surface area contributed by atoms with Crippen molar-refractivity contribution in [3.63, 3.8) is 0 Å². The number of para-hydroxylation sites is 2. The van der Waals surface area contributed by atoms with E-state index < -0.39 is 24.5 Å². The lowest BCUT2D eigenvalue weighted by atomic mass is 10.2. The first-order valence-electron chi connectivity index (χ1n) is 7.40. The molecule has 7 nitrogen and oxygen atoms in total. The maximum atomic E-state index is 12.2. The summed E-state index contributed by atoms with van der Waals surface area (Å²) in [4.78, 5) is 31.5. The van der Waals surface area contributed by atoms with E-state index in [0.717, 1.165) is 5.52 Å². The van der Waals surface area contributed by atoms with Gasteiger partial charge in [0.2, 0.25) is 5.95 Å². The van der Waals surface area contributed by atoms with Gasteiger partial charge in [0, 0.05) is 5.56 Å². The second-order valence-electron chi connectivity index (χ2n) is 5.17. The quantitative estimate of drug-likeness (QED) is 0.567. The number of carbonyl (C=O) groups is 2. The predicted molar refractivity (Wildman–Crippen MR) is 89.5 cm³/mol. The van der Waals surface area contributed by atoms with E-state index in [1.165, 1.54) is 0 Å². The van der Waals surface area contributed by atoms with Gasteiger partial charge in [0.05, 0.1) is 17.6 Å². The third-order valence-corrected chi connectivity index (χ3v) is 3.47. The van der Waals surface area contributed by atoms with E-state index in [9.17, 15) is 14.7 Å². The minimum absolute atomic E-state index is 0.258. The van der Waals surface area contributed by atoms with Crippen molar-refractivity contribution in [1.29, 1.82) is 0 Å². The Bertz CT molecular complexity index is 827. The van der Waals surface area contributed by atoms with E-state index in [1.807, 2.05) is 24.3 Å². The Morgan fingerprint density at radius 2 is 1.79 bits per heavy atom. The smallest absolute Gasteiger partial charge is 0.251 e. The van der Waals surface area contributed by atoms with Crippen molar-refractivity contribution in [3.05, 3.63) is 60.2 Å². The lowest BCUT2D eigenvalue weighted by Gasteiger charge is -2.15. The molecule has 0 aliphatic carbocycles. The maximum absolute atomic E-state index is 12.2. The third kappa shape index (κ3) is 3.41. The van der Waals surface area contributed by atoms with Crippen LogP contribution in [-0.2, 0) is 4.79 Å². The monoisotopic (exact) mass is 324 g/mol. The second-order valence-corrected chi connectivity index (χ2v) is 5.17. The molecule has 24 heavy (non-hydrogen) atoms. The summed E-state index contributed by atoms with van der Waals surface area (Å²) in [6.07, 6.45) is 0. The maximum Gasteiger partial charge on any atom is 0.251 e. The van der Waals surface area contributed by atoms with Crippen LogP contribution in [0.3, 0.4) is 0 Å². The Balaban J connectivity index is 1.68.